The van der Waals surface area contributed by atoms with Gasteiger partial charge in [0.15, 0.2) is 11.5 Å². The summed E-state index contributed by atoms with van der Waals surface area (Å²) in [5.41, 5.74) is 5.07. The average molecular weight is 450 g/mol. The summed E-state index contributed by atoms with van der Waals surface area (Å²) in [7, 11) is 0. The minimum absolute atomic E-state index is 0.144. The summed E-state index contributed by atoms with van der Waals surface area (Å²) in [5, 5.41) is 10.8. The molecule has 4 rings (SSSR count). The molecule has 0 radical (unpaired) electrons. The van der Waals surface area contributed by atoms with Crippen molar-refractivity contribution in [2.24, 2.45) is 0 Å². The molecular formula is C26H24ClNO4. The second-order valence-corrected chi connectivity index (χ2v) is 7.94. The molecule has 0 bridgehead atoms. The Kier molecular flexibility index (Phi) is 6.37. The third kappa shape index (κ3) is 4.43. The molecule has 164 valence electrons. The molecule has 4 aromatic rings. The van der Waals surface area contributed by atoms with Gasteiger partial charge in [-0.05, 0) is 54.8 Å². The van der Waals surface area contributed by atoms with Gasteiger partial charge in [-0.15, -0.1) is 0 Å². The number of aliphatic carboxylic acids is 1. The number of fused-ring (bicyclic) bond motifs is 1. The van der Waals surface area contributed by atoms with Crippen molar-refractivity contribution in [2.45, 2.75) is 26.9 Å². The van der Waals surface area contributed by atoms with Crippen LogP contribution in [0.4, 0.5) is 0 Å². The number of carboxylic acids is 1. The zero-order valence-electron chi connectivity index (χ0n) is 17.9. The van der Waals surface area contributed by atoms with Gasteiger partial charge >= 0.3 is 5.97 Å². The maximum Gasteiger partial charge on any atom is 0.307 e. The van der Waals surface area contributed by atoms with Crippen LogP contribution < -0.4 is 9.47 Å². The lowest BCUT2D eigenvalue weighted by Gasteiger charge is -2.14. The van der Waals surface area contributed by atoms with Crippen LogP contribution in [-0.4, -0.2) is 22.7 Å². The number of hydrogen-bond donors (Lipinski definition) is 2. The molecule has 0 spiro atoms. The maximum atomic E-state index is 11.6. The van der Waals surface area contributed by atoms with E-state index >= 15 is 0 Å². The molecule has 0 unspecified atom stereocenters. The Morgan fingerprint density at radius 2 is 1.81 bits per heavy atom. The fraction of sp³-hybridized carbons (Fsp3) is 0.192. The molecule has 5 nitrogen and oxygen atoms in total. The first-order chi connectivity index (χ1) is 15.5. The van der Waals surface area contributed by atoms with Gasteiger partial charge in [0.05, 0.1) is 29.3 Å². The third-order valence-electron chi connectivity index (χ3n) is 5.31. The van der Waals surface area contributed by atoms with Crippen molar-refractivity contribution in [3.63, 3.8) is 0 Å². The second kappa shape index (κ2) is 9.37. The van der Waals surface area contributed by atoms with Crippen LogP contribution in [0.15, 0.2) is 60.7 Å². The molecule has 1 heterocycles. The van der Waals surface area contributed by atoms with Gasteiger partial charge < -0.3 is 19.6 Å². The first-order valence-corrected chi connectivity index (χ1v) is 10.8. The van der Waals surface area contributed by atoms with E-state index in [-0.39, 0.29) is 6.42 Å². The Morgan fingerprint density at radius 1 is 1.03 bits per heavy atom. The molecule has 0 atom stereocenters. The highest BCUT2D eigenvalue weighted by atomic mass is 35.5. The van der Waals surface area contributed by atoms with Gasteiger partial charge in [-0.2, -0.15) is 0 Å². The van der Waals surface area contributed by atoms with E-state index in [1.54, 1.807) is 6.07 Å². The highest BCUT2D eigenvalue weighted by Crippen LogP contribution is 2.39. The van der Waals surface area contributed by atoms with Crippen molar-refractivity contribution in [1.29, 1.82) is 0 Å². The Balaban J connectivity index is 1.77. The highest BCUT2D eigenvalue weighted by molar-refractivity contribution is 6.36. The average Bonchev–Trinajstić information content (AvgIpc) is 3.16. The largest absolute Gasteiger partial charge is 0.490 e. The Bertz CT molecular complexity index is 1260. The lowest BCUT2D eigenvalue weighted by molar-refractivity contribution is -0.136. The molecule has 0 saturated carbocycles. The SMILES string of the molecule is CCOc1cc(-c2[nH]c3c(C)ccc(Cl)c3c2CC(=O)O)ccc1OCc1ccccc1. The lowest BCUT2D eigenvalue weighted by atomic mass is 10.0. The van der Waals surface area contributed by atoms with E-state index in [0.29, 0.717) is 41.0 Å². The van der Waals surface area contributed by atoms with Gasteiger partial charge in [0.1, 0.15) is 6.61 Å². The van der Waals surface area contributed by atoms with Crippen LogP contribution in [0.5, 0.6) is 11.5 Å². The summed E-state index contributed by atoms with van der Waals surface area (Å²) < 4.78 is 11.9. The van der Waals surface area contributed by atoms with Crippen LogP contribution in [0.3, 0.4) is 0 Å². The van der Waals surface area contributed by atoms with E-state index in [0.717, 1.165) is 27.6 Å². The number of aryl methyl sites for hydroxylation is 1. The number of benzene rings is 3. The van der Waals surface area contributed by atoms with Crippen LogP contribution in [-0.2, 0) is 17.8 Å². The van der Waals surface area contributed by atoms with E-state index in [9.17, 15) is 9.90 Å². The zero-order valence-corrected chi connectivity index (χ0v) is 18.7. The van der Waals surface area contributed by atoms with Gasteiger partial charge in [0.2, 0.25) is 0 Å². The number of rotatable bonds is 8. The molecule has 1 aromatic heterocycles. The molecule has 2 N–H and O–H groups in total. The molecule has 0 aliphatic carbocycles. The minimum Gasteiger partial charge on any atom is -0.490 e. The van der Waals surface area contributed by atoms with Crippen LogP contribution in [0.2, 0.25) is 5.02 Å². The van der Waals surface area contributed by atoms with Crippen LogP contribution in [0.1, 0.15) is 23.6 Å². The van der Waals surface area contributed by atoms with Crippen molar-refractivity contribution >= 4 is 28.5 Å². The molecule has 0 aliphatic heterocycles. The second-order valence-electron chi connectivity index (χ2n) is 7.53. The maximum absolute atomic E-state index is 11.6. The smallest absolute Gasteiger partial charge is 0.307 e. The number of H-pyrrole nitrogens is 1. The van der Waals surface area contributed by atoms with E-state index in [1.807, 2.05) is 68.4 Å². The van der Waals surface area contributed by atoms with E-state index < -0.39 is 5.97 Å². The van der Waals surface area contributed by atoms with E-state index in [4.69, 9.17) is 21.1 Å². The van der Waals surface area contributed by atoms with Crippen LogP contribution in [0.25, 0.3) is 22.2 Å². The van der Waals surface area contributed by atoms with Crippen LogP contribution >= 0.6 is 11.6 Å². The summed E-state index contributed by atoms with van der Waals surface area (Å²) in [6, 6.07) is 19.3. The standard InChI is InChI=1S/C26H24ClNO4/c1-3-31-22-13-18(10-12-21(22)32-15-17-7-5-4-6-8-17)26-19(14-23(29)30)24-20(27)11-9-16(2)25(24)28-26/h4-13,28H,3,14-15H2,1-2H3,(H,29,30). The van der Waals surface area contributed by atoms with Crippen molar-refractivity contribution in [3.05, 3.63) is 82.4 Å². The number of ether oxygens (including phenoxy) is 2. The van der Waals surface area contributed by atoms with Gasteiger partial charge in [0, 0.05) is 10.9 Å². The summed E-state index contributed by atoms with van der Waals surface area (Å²) in [6.07, 6.45) is -0.144. The third-order valence-corrected chi connectivity index (χ3v) is 5.63. The lowest BCUT2D eigenvalue weighted by Crippen LogP contribution is -2.02. The van der Waals surface area contributed by atoms with Gasteiger partial charge in [-0.1, -0.05) is 48.0 Å². The predicted octanol–water partition coefficient (Wildman–Crippen LogP) is 6.40. The Morgan fingerprint density at radius 3 is 2.53 bits per heavy atom. The van der Waals surface area contributed by atoms with Gasteiger partial charge in [-0.25, -0.2) is 0 Å². The summed E-state index contributed by atoms with van der Waals surface area (Å²) in [5.74, 6) is 0.311. The monoisotopic (exact) mass is 449 g/mol. The normalized spacial score (nSPS) is 11.0. The molecule has 6 heteroatoms. The topological polar surface area (TPSA) is 71.6 Å². The highest BCUT2D eigenvalue weighted by Gasteiger charge is 2.20. The number of nitrogens with one attached hydrogen (secondary N) is 1. The summed E-state index contributed by atoms with van der Waals surface area (Å²) >= 11 is 6.47. The fourth-order valence-corrected chi connectivity index (χ4v) is 4.10. The van der Waals surface area contributed by atoms with E-state index in [1.165, 1.54) is 0 Å². The number of aromatic amines is 1. The molecule has 3 aromatic carbocycles. The molecule has 0 aliphatic rings. The van der Waals surface area contributed by atoms with Crippen LogP contribution in [0, 0.1) is 6.92 Å². The first-order valence-electron chi connectivity index (χ1n) is 10.4. The number of halogens is 1. The van der Waals surface area contributed by atoms with E-state index in [2.05, 4.69) is 4.98 Å². The molecule has 0 amide bonds. The van der Waals surface area contributed by atoms with Crippen molar-refractivity contribution < 1.29 is 19.4 Å². The first kappa shape index (κ1) is 21.8. The van der Waals surface area contributed by atoms with Gasteiger partial charge in [-0.3, -0.25) is 4.79 Å². The minimum atomic E-state index is -0.919. The fourth-order valence-electron chi connectivity index (χ4n) is 3.82. The molecule has 32 heavy (non-hydrogen) atoms. The molecule has 0 fully saturated rings. The predicted molar refractivity (Wildman–Crippen MR) is 127 cm³/mol. The number of aromatic nitrogens is 1. The quantitative estimate of drug-likeness (QED) is 0.326. The van der Waals surface area contributed by atoms with Gasteiger partial charge in [0.25, 0.3) is 0 Å². The summed E-state index contributed by atoms with van der Waals surface area (Å²) in [6.45, 7) is 4.78. The van der Waals surface area contributed by atoms with Crippen molar-refractivity contribution in [3.8, 4) is 22.8 Å². The number of carbonyl (C=O) groups is 1. The number of carboxylic acid groups (broad SMARTS) is 1. The zero-order chi connectivity index (χ0) is 22.7. The Hall–Kier alpha value is -3.44. The number of hydrogen-bond acceptors (Lipinski definition) is 3. The molecule has 0 saturated heterocycles. The Labute approximate surface area is 191 Å². The summed E-state index contributed by atoms with van der Waals surface area (Å²) in [4.78, 5) is 15.0. The van der Waals surface area contributed by atoms with Crippen molar-refractivity contribution in [2.75, 3.05) is 6.61 Å². The molecular weight excluding hydrogens is 426 g/mol. The van der Waals surface area contributed by atoms with Crippen molar-refractivity contribution in [1.82, 2.24) is 4.98 Å².